The average Bonchev–Trinajstić information content (AvgIpc) is 3.77. The summed E-state index contributed by atoms with van der Waals surface area (Å²) >= 11 is 0. The second-order valence-corrected chi connectivity index (χ2v) is 10.2. The summed E-state index contributed by atoms with van der Waals surface area (Å²) in [5.74, 6) is -2.13. The zero-order valence-corrected chi connectivity index (χ0v) is 22.5. The topological polar surface area (TPSA) is 121 Å². The molecular formula is C29H30F2N6O4. The maximum atomic E-state index is 15.5. The lowest BCUT2D eigenvalue weighted by Crippen LogP contribution is -2.41. The highest BCUT2D eigenvalue weighted by Gasteiger charge is 2.57. The Balaban J connectivity index is 1.34. The Morgan fingerprint density at radius 1 is 0.976 bits per heavy atom. The number of nitrogens with one attached hydrogen (secondary N) is 1. The van der Waals surface area contributed by atoms with Gasteiger partial charge in [0, 0.05) is 43.7 Å². The molecule has 4 amide bonds. The molecule has 2 fully saturated rings. The smallest absolute Gasteiger partial charge is 0.323 e. The molecule has 2 heterocycles. The van der Waals surface area contributed by atoms with Gasteiger partial charge in [-0.25, -0.2) is 18.6 Å². The van der Waals surface area contributed by atoms with Gasteiger partial charge in [0.25, 0.3) is 0 Å². The monoisotopic (exact) mass is 564 g/mol. The number of primary amides is 1. The summed E-state index contributed by atoms with van der Waals surface area (Å²) in [5, 5.41) is 2.77. The van der Waals surface area contributed by atoms with E-state index >= 15 is 4.39 Å². The van der Waals surface area contributed by atoms with E-state index < -0.39 is 28.9 Å². The predicted octanol–water partition coefficient (Wildman–Crippen LogP) is 4.25. The number of pyridine rings is 1. The van der Waals surface area contributed by atoms with Crippen molar-refractivity contribution in [1.29, 1.82) is 0 Å². The third-order valence-electron chi connectivity index (χ3n) is 7.29. The van der Waals surface area contributed by atoms with Gasteiger partial charge in [0.2, 0.25) is 11.8 Å². The van der Waals surface area contributed by atoms with Crippen LogP contribution in [0.1, 0.15) is 19.3 Å². The quantitative estimate of drug-likeness (QED) is 0.414. The fourth-order valence-corrected chi connectivity index (χ4v) is 4.71. The van der Waals surface area contributed by atoms with Crippen molar-refractivity contribution in [2.45, 2.75) is 19.3 Å². The standard InChI is InChI=1S/C29H30F2N6O4/c1-35-13-2-14-36(16-15-35)28(40)34-25-18-22(9-12-33-25)41-21-7-8-24(23(31)17-21)37(20-5-3-19(30)4-6-20)27(39)29(10-11-29)26(32)38/h3-9,12,17-18H,2,10-11,13-16H2,1H3,(H2,32,38)(H,33,34,40). The molecular weight excluding hydrogens is 534 g/mol. The molecule has 0 spiro atoms. The SMILES string of the molecule is CN1CCCN(C(=O)Nc2cc(Oc3ccc(N(C(=O)C4(C(N)=O)CC4)c4ccc(F)cc4)c(F)c3)ccn2)CC1. The van der Waals surface area contributed by atoms with Gasteiger partial charge >= 0.3 is 6.03 Å². The predicted molar refractivity (Wildman–Crippen MR) is 148 cm³/mol. The Hall–Kier alpha value is -4.58. The number of carbonyl (C=O) groups is 3. The first-order valence-corrected chi connectivity index (χ1v) is 13.2. The van der Waals surface area contributed by atoms with Gasteiger partial charge in [-0.2, -0.15) is 0 Å². The molecule has 0 bridgehead atoms. The summed E-state index contributed by atoms with van der Waals surface area (Å²) < 4.78 is 34.9. The van der Waals surface area contributed by atoms with Crippen molar-refractivity contribution in [3.8, 4) is 11.5 Å². The third kappa shape index (κ3) is 6.12. The van der Waals surface area contributed by atoms with Crippen molar-refractivity contribution in [2.75, 3.05) is 43.4 Å². The Morgan fingerprint density at radius 2 is 1.71 bits per heavy atom. The fourth-order valence-electron chi connectivity index (χ4n) is 4.71. The average molecular weight is 565 g/mol. The molecule has 41 heavy (non-hydrogen) atoms. The minimum atomic E-state index is -1.43. The van der Waals surface area contributed by atoms with Gasteiger partial charge in [-0.1, -0.05) is 0 Å². The number of amides is 4. The maximum Gasteiger partial charge on any atom is 0.323 e. The molecule has 10 nitrogen and oxygen atoms in total. The number of anilines is 3. The Morgan fingerprint density at radius 3 is 2.39 bits per heavy atom. The lowest BCUT2D eigenvalue weighted by molar-refractivity contribution is -0.133. The first-order valence-electron chi connectivity index (χ1n) is 13.2. The third-order valence-corrected chi connectivity index (χ3v) is 7.29. The van der Waals surface area contributed by atoms with Crippen LogP contribution in [0.15, 0.2) is 60.8 Å². The van der Waals surface area contributed by atoms with Crippen LogP contribution in [0.3, 0.4) is 0 Å². The number of urea groups is 1. The van der Waals surface area contributed by atoms with Crippen LogP contribution < -0.4 is 20.7 Å². The highest BCUT2D eigenvalue weighted by Crippen LogP contribution is 2.49. The first kappa shape index (κ1) is 28.0. The summed E-state index contributed by atoms with van der Waals surface area (Å²) in [6, 6.07) is 11.6. The number of carbonyl (C=O) groups excluding carboxylic acids is 3. The van der Waals surface area contributed by atoms with Gasteiger partial charge in [-0.05, 0) is 75.3 Å². The number of halogens is 2. The van der Waals surface area contributed by atoms with E-state index in [4.69, 9.17) is 10.5 Å². The van der Waals surface area contributed by atoms with E-state index in [1.165, 1.54) is 36.5 Å². The summed E-state index contributed by atoms with van der Waals surface area (Å²) in [5.41, 5.74) is 4.10. The summed E-state index contributed by atoms with van der Waals surface area (Å²) in [6.45, 7) is 2.93. The van der Waals surface area contributed by atoms with E-state index in [1.807, 2.05) is 7.05 Å². The minimum Gasteiger partial charge on any atom is -0.457 e. The number of hydrogen-bond acceptors (Lipinski definition) is 6. The molecule has 3 aromatic rings. The van der Waals surface area contributed by atoms with Crippen LogP contribution in [0.2, 0.25) is 0 Å². The van der Waals surface area contributed by atoms with Gasteiger partial charge in [-0.3, -0.25) is 19.8 Å². The Bertz CT molecular complexity index is 1460. The van der Waals surface area contributed by atoms with Crippen molar-refractivity contribution in [3.63, 3.8) is 0 Å². The molecule has 214 valence electrons. The number of nitrogens with zero attached hydrogens (tertiary/aromatic N) is 4. The summed E-state index contributed by atoms with van der Waals surface area (Å²) in [7, 11) is 2.02. The van der Waals surface area contributed by atoms with Crippen LogP contribution in [0.4, 0.5) is 30.8 Å². The second-order valence-electron chi connectivity index (χ2n) is 10.2. The van der Waals surface area contributed by atoms with Crippen LogP contribution in [-0.2, 0) is 9.59 Å². The van der Waals surface area contributed by atoms with Crippen molar-refractivity contribution in [1.82, 2.24) is 14.8 Å². The molecule has 0 radical (unpaired) electrons. The first-order chi connectivity index (χ1) is 19.7. The number of aromatic nitrogens is 1. The molecule has 1 saturated heterocycles. The van der Waals surface area contributed by atoms with Crippen molar-refractivity contribution < 1.29 is 27.9 Å². The normalized spacial score (nSPS) is 16.4. The van der Waals surface area contributed by atoms with Crippen molar-refractivity contribution >= 4 is 35.0 Å². The molecule has 0 unspecified atom stereocenters. The lowest BCUT2D eigenvalue weighted by Gasteiger charge is -2.27. The molecule has 2 aromatic carbocycles. The van der Waals surface area contributed by atoms with E-state index in [-0.39, 0.29) is 41.8 Å². The van der Waals surface area contributed by atoms with Gasteiger partial charge < -0.3 is 20.3 Å². The van der Waals surface area contributed by atoms with Crippen LogP contribution in [0.25, 0.3) is 0 Å². The van der Waals surface area contributed by atoms with Crippen molar-refractivity contribution in [2.24, 2.45) is 11.1 Å². The van der Waals surface area contributed by atoms with Crippen LogP contribution >= 0.6 is 0 Å². The Labute approximate surface area is 235 Å². The zero-order valence-electron chi connectivity index (χ0n) is 22.5. The molecule has 1 aromatic heterocycles. The van der Waals surface area contributed by atoms with E-state index in [0.29, 0.717) is 18.8 Å². The molecule has 12 heteroatoms. The molecule has 2 aliphatic rings. The minimum absolute atomic E-state index is 0.118. The molecule has 3 N–H and O–H groups in total. The highest BCUT2D eigenvalue weighted by atomic mass is 19.1. The van der Waals surface area contributed by atoms with Gasteiger partial charge in [0.15, 0.2) is 5.82 Å². The van der Waals surface area contributed by atoms with Gasteiger partial charge in [0.05, 0.1) is 5.69 Å². The number of hydrogen-bond donors (Lipinski definition) is 2. The van der Waals surface area contributed by atoms with Gasteiger partial charge in [0.1, 0.15) is 28.5 Å². The van der Waals surface area contributed by atoms with Crippen LogP contribution in [-0.4, -0.2) is 65.9 Å². The largest absolute Gasteiger partial charge is 0.457 e. The maximum absolute atomic E-state index is 15.5. The number of benzene rings is 2. The number of nitrogens with two attached hydrogens (primary N) is 1. The Kier molecular flexibility index (Phi) is 7.84. The highest BCUT2D eigenvalue weighted by molar-refractivity contribution is 6.16. The molecule has 5 rings (SSSR count). The molecule has 0 atom stereocenters. The number of ether oxygens (including phenoxy) is 1. The molecule has 1 aliphatic heterocycles. The number of rotatable bonds is 7. The summed E-state index contributed by atoms with van der Waals surface area (Å²) in [6.07, 6.45) is 2.82. The lowest BCUT2D eigenvalue weighted by atomic mass is 10.0. The van der Waals surface area contributed by atoms with E-state index in [0.717, 1.165) is 42.6 Å². The summed E-state index contributed by atoms with van der Waals surface area (Å²) in [4.78, 5) is 47.4. The van der Waals surface area contributed by atoms with Crippen LogP contribution in [0, 0.1) is 17.0 Å². The second kappa shape index (κ2) is 11.5. The molecule has 1 aliphatic carbocycles. The van der Waals surface area contributed by atoms with Crippen LogP contribution in [0.5, 0.6) is 11.5 Å². The fraction of sp³-hybridized carbons (Fsp3) is 0.310. The van der Waals surface area contributed by atoms with E-state index in [1.54, 1.807) is 11.0 Å². The molecule has 1 saturated carbocycles. The van der Waals surface area contributed by atoms with Crippen molar-refractivity contribution in [3.05, 3.63) is 72.4 Å². The van der Waals surface area contributed by atoms with E-state index in [2.05, 4.69) is 15.2 Å². The van der Waals surface area contributed by atoms with E-state index in [9.17, 15) is 18.8 Å². The van der Waals surface area contributed by atoms with Gasteiger partial charge in [-0.15, -0.1) is 0 Å². The zero-order chi connectivity index (χ0) is 29.1. The number of likely N-dealkylation sites (N-methyl/N-ethyl adjacent to an activating group) is 1.